The molecule has 0 amide bonds. The molecule has 0 radical (unpaired) electrons. The fraction of sp³-hybridized carbons (Fsp3) is 0.0526. The number of rotatable bonds is 2. The van der Waals surface area contributed by atoms with E-state index in [-0.39, 0.29) is 5.54 Å². The van der Waals surface area contributed by atoms with Crippen molar-refractivity contribution in [1.29, 1.82) is 0 Å². The number of benzene rings is 3. The third kappa shape index (κ3) is 1.66. The van der Waals surface area contributed by atoms with Gasteiger partial charge in [0, 0.05) is 16.1 Å². The lowest BCUT2D eigenvalue weighted by molar-refractivity contribution is 0.628. The van der Waals surface area contributed by atoms with Gasteiger partial charge in [-0.1, -0.05) is 78.9 Å². The van der Waals surface area contributed by atoms with Gasteiger partial charge < -0.3 is 0 Å². The van der Waals surface area contributed by atoms with Gasteiger partial charge in [0.25, 0.3) is 0 Å². The Kier molecular flexibility index (Phi) is 2.95. The standard InChI is InChI=1S/C19H14BrN/c20-21-19(14-8-2-1-3-9-14)17-12-6-4-10-15(17)16-11-5-7-13-18(16)19/h1-13,21H. The van der Waals surface area contributed by atoms with Gasteiger partial charge in [-0.05, 0) is 27.8 Å². The maximum absolute atomic E-state index is 3.56. The molecule has 0 fully saturated rings. The van der Waals surface area contributed by atoms with E-state index in [4.69, 9.17) is 0 Å². The predicted molar refractivity (Wildman–Crippen MR) is 90.3 cm³/mol. The van der Waals surface area contributed by atoms with Gasteiger partial charge in [-0.15, -0.1) is 0 Å². The number of halogens is 1. The number of hydrogen-bond acceptors (Lipinski definition) is 1. The molecule has 102 valence electrons. The summed E-state index contributed by atoms with van der Waals surface area (Å²) in [5, 5.41) is 0. The van der Waals surface area contributed by atoms with Crippen LogP contribution in [0, 0.1) is 0 Å². The maximum Gasteiger partial charge on any atom is 0.105 e. The van der Waals surface area contributed by atoms with Gasteiger partial charge in [-0.25, -0.2) is 4.34 Å². The van der Waals surface area contributed by atoms with Gasteiger partial charge in [0.2, 0.25) is 0 Å². The molecule has 2 heteroatoms. The summed E-state index contributed by atoms with van der Waals surface area (Å²) in [5.41, 5.74) is 6.06. The van der Waals surface area contributed by atoms with Crippen molar-refractivity contribution in [2.45, 2.75) is 5.54 Å². The van der Waals surface area contributed by atoms with Crippen LogP contribution in [0.5, 0.6) is 0 Å². The van der Waals surface area contributed by atoms with Gasteiger partial charge in [-0.3, -0.25) is 0 Å². The highest BCUT2D eigenvalue weighted by Crippen LogP contribution is 2.51. The Hall–Kier alpha value is -1.90. The van der Waals surface area contributed by atoms with E-state index in [1.165, 1.54) is 27.8 Å². The molecule has 0 bridgehead atoms. The summed E-state index contributed by atoms with van der Waals surface area (Å²) in [6, 6.07) is 27.8. The molecule has 1 nitrogen and oxygen atoms in total. The molecule has 0 saturated carbocycles. The van der Waals surface area contributed by atoms with Crippen LogP contribution in [0.3, 0.4) is 0 Å². The van der Waals surface area contributed by atoms with Crippen LogP contribution in [-0.4, -0.2) is 0 Å². The molecular weight excluding hydrogens is 322 g/mol. The third-order valence-corrected chi connectivity index (χ3v) is 4.90. The average Bonchev–Trinajstić information content (AvgIpc) is 2.87. The van der Waals surface area contributed by atoms with Crippen molar-refractivity contribution >= 4 is 16.1 Å². The average molecular weight is 336 g/mol. The first kappa shape index (κ1) is 12.8. The van der Waals surface area contributed by atoms with Crippen molar-refractivity contribution in [3.8, 4) is 11.1 Å². The van der Waals surface area contributed by atoms with Crippen LogP contribution in [0.1, 0.15) is 16.7 Å². The minimum Gasteiger partial charge on any atom is -0.237 e. The smallest absolute Gasteiger partial charge is 0.105 e. The molecule has 0 atom stereocenters. The molecule has 1 N–H and O–H groups in total. The minimum atomic E-state index is -0.339. The maximum atomic E-state index is 3.56. The monoisotopic (exact) mass is 335 g/mol. The van der Waals surface area contributed by atoms with E-state index in [2.05, 4.69) is 99.4 Å². The molecule has 0 spiro atoms. The number of fused-ring (bicyclic) bond motifs is 3. The van der Waals surface area contributed by atoms with Gasteiger partial charge in [0.15, 0.2) is 0 Å². The van der Waals surface area contributed by atoms with E-state index in [1.807, 2.05) is 0 Å². The molecule has 3 aromatic carbocycles. The summed E-state index contributed by atoms with van der Waals surface area (Å²) in [4.78, 5) is 0. The van der Waals surface area contributed by atoms with Gasteiger partial charge in [0.1, 0.15) is 5.54 Å². The van der Waals surface area contributed by atoms with E-state index in [0.29, 0.717) is 0 Å². The van der Waals surface area contributed by atoms with Gasteiger partial charge in [0.05, 0.1) is 0 Å². The van der Waals surface area contributed by atoms with Crippen molar-refractivity contribution < 1.29 is 0 Å². The Balaban J connectivity index is 2.12. The van der Waals surface area contributed by atoms with Crippen LogP contribution in [-0.2, 0) is 5.54 Å². The molecule has 0 aromatic heterocycles. The lowest BCUT2D eigenvalue weighted by Gasteiger charge is -2.31. The summed E-state index contributed by atoms with van der Waals surface area (Å²) in [7, 11) is 0. The minimum absolute atomic E-state index is 0.339. The normalized spacial score (nSPS) is 14.5. The molecule has 4 rings (SSSR count). The predicted octanol–water partition coefficient (Wildman–Crippen LogP) is 4.86. The molecule has 0 aliphatic heterocycles. The van der Waals surface area contributed by atoms with E-state index < -0.39 is 0 Å². The van der Waals surface area contributed by atoms with Crippen LogP contribution in [0.15, 0.2) is 78.9 Å². The second kappa shape index (κ2) is 4.83. The molecule has 3 aromatic rings. The summed E-state index contributed by atoms with van der Waals surface area (Å²) in [5.74, 6) is 0. The molecule has 0 heterocycles. The first-order chi connectivity index (χ1) is 10.4. The third-order valence-electron chi connectivity index (χ3n) is 4.30. The van der Waals surface area contributed by atoms with Gasteiger partial charge >= 0.3 is 0 Å². The summed E-state index contributed by atoms with van der Waals surface area (Å²) in [6.07, 6.45) is 0. The number of nitrogens with one attached hydrogen (secondary N) is 1. The summed E-state index contributed by atoms with van der Waals surface area (Å²) < 4.78 is 3.42. The van der Waals surface area contributed by atoms with Crippen LogP contribution in [0.4, 0.5) is 0 Å². The topological polar surface area (TPSA) is 12.0 Å². The number of hydrogen-bond donors (Lipinski definition) is 1. The Morgan fingerprint density at radius 2 is 1.10 bits per heavy atom. The fourth-order valence-electron chi connectivity index (χ4n) is 3.39. The zero-order chi connectivity index (χ0) is 14.3. The lowest BCUT2D eigenvalue weighted by atomic mass is 9.82. The Morgan fingerprint density at radius 3 is 1.62 bits per heavy atom. The van der Waals surface area contributed by atoms with Gasteiger partial charge in [-0.2, -0.15) is 0 Å². The molecule has 0 unspecified atom stereocenters. The Labute approximate surface area is 133 Å². The van der Waals surface area contributed by atoms with Crippen molar-refractivity contribution in [2.24, 2.45) is 0 Å². The van der Waals surface area contributed by atoms with Crippen LogP contribution >= 0.6 is 16.1 Å². The molecule has 1 aliphatic rings. The van der Waals surface area contributed by atoms with E-state index in [1.54, 1.807) is 0 Å². The Morgan fingerprint density at radius 1 is 0.619 bits per heavy atom. The van der Waals surface area contributed by atoms with Crippen LogP contribution in [0.2, 0.25) is 0 Å². The SMILES string of the molecule is BrNC1(c2ccccc2)c2ccccc2-c2ccccc21. The van der Waals surface area contributed by atoms with Crippen molar-refractivity contribution in [1.82, 2.24) is 4.34 Å². The highest BCUT2D eigenvalue weighted by Gasteiger charge is 2.43. The summed E-state index contributed by atoms with van der Waals surface area (Å²) in [6.45, 7) is 0. The van der Waals surface area contributed by atoms with Crippen LogP contribution in [0.25, 0.3) is 11.1 Å². The quantitative estimate of drug-likeness (QED) is 0.659. The molecule has 0 saturated heterocycles. The Bertz CT molecular complexity index is 750. The molecule has 21 heavy (non-hydrogen) atoms. The van der Waals surface area contributed by atoms with Crippen molar-refractivity contribution in [3.05, 3.63) is 95.6 Å². The zero-order valence-electron chi connectivity index (χ0n) is 11.4. The van der Waals surface area contributed by atoms with Crippen molar-refractivity contribution in [2.75, 3.05) is 0 Å². The first-order valence-corrected chi connectivity index (χ1v) is 7.80. The van der Waals surface area contributed by atoms with Crippen molar-refractivity contribution in [3.63, 3.8) is 0 Å². The zero-order valence-corrected chi connectivity index (χ0v) is 13.0. The van der Waals surface area contributed by atoms with E-state index in [0.717, 1.165) is 0 Å². The van der Waals surface area contributed by atoms with Crippen LogP contribution < -0.4 is 4.34 Å². The van der Waals surface area contributed by atoms with E-state index in [9.17, 15) is 0 Å². The molecular formula is C19H14BrN. The largest absolute Gasteiger partial charge is 0.237 e. The first-order valence-electron chi connectivity index (χ1n) is 7.00. The van der Waals surface area contributed by atoms with E-state index >= 15 is 0 Å². The highest BCUT2D eigenvalue weighted by molar-refractivity contribution is 9.08. The fourth-order valence-corrected chi connectivity index (χ4v) is 4.05. The second-order valence-corrected chi connectivity index (χ2v) is 5.70. The second-order valence-electron chi connectivity index (χ2n) is 5.30. The molecule has 1 aliphatic carbocycles. The lowest BCUT2D eigenvalue weighted by Crippen LogP contribution is -2.37. The summed E-state index contributed by atoms with van der Waals surface area (Å²) >= 11 is 3.56. The highest BCUT2D eigenvalue weighted by atomic mass is 79.9.